The number of para-hydroxylation sites is 1. The summed E-state index contributed by atoms with van der Waals surface area (Å²) in [4.78, 5) is 14.1. The molecule has 0 unspecified atom stereocenters. The third-order valence-corrected chi connectivity index (χ3v) is 4.30. The Morgan fingerprint density at radius 1 is 1.10 bits per heavy atom. The molecule has 0 fully saturated rings. The van der Waals surface area contributed by atoms with Gasteiger partial charge in [0.25, 0.3) is 0 Å². The number of hydrogen-bond acceptors (Lipinski definition) is 5. The molecule has 106 valence electrons. The standard InChI is InChI=1S/C16H16N4S/c1-2-13(17)15-8-7-11(9-18-15)21-16-12-5-3-4-6-14(12)19-10-20-16/h3-10,13H,2,17H2,1H3/t13-/m1/s1. The number of nitrogens with zero attached hydrogens (tertiary/aromatic N) is 3. The van der Waals surface area contributed by atoms with Gasteiger partial charge in [-0.15, -0.1) is 0 Å². The molecule has 0 amide bonds. The first-order valence-corrected chi connectivity index (χ1v) is 7.68. The summed E-state index contributed by atoms with van der Waals surface area (Å²) in [6.45, 7) is 2.06. The average molecular weight is 296 g/mol. The molecule has 2 N–H and O–H groups in total. The Balaban J connectivity index is 1.88. The summed E-state index contributed by atoms with van der Waals surface area (Å²) in [6.07, 6.45) is 4.34. The maximum atomic E-state index is 5.98. The first-order valence-electron chi connectivity index (χ1n) is 6.87. The van der Waals surface area contributed by atoms with Crippen molar-refractivity contribution in [2.45, 2.75) is 29.3 Å². The topological polar surface area (TPSA) is 64.7 Å². The zero-order valence-electron chi connectivity index (χ0n) is 11.7. The van der Waals surface area contributed by atoms with Gasteiger partial charge in [-0.2, -0.15) is 0 Å². The lowest BCUT2D eigenvalue weighted by Crippen LogP contribution is -2.10. The molecule has 2 heterocycles. The van der Waals surface area contributed by atoms with Gasteiger partial charge in [0.15, 0.2) is 0 Å². The van der Waals surface area contributed by atoms with Gasteiger partial charge in [0.05, 0.1) is 11.2 Å². The van der Waals surface area contributed by atoms with Crippen LogP contribution in [-0.2, 0) is 0 Å². The lowest BCUT2D eigenvalue weighted by atomic mass is 10.1. The minimum absolute atomic E-state index is 0.00364. The zero-order valence-corrected chi connectivity index (χ0v) is 12.5. The van der Waals surface area contributed by atoms with Crippen molar-refractivity contribution in [1.82, 2.24) is 15.0 Å². The molecule has 3 aromatic rings. The van der Waals surface area contributed by atoms with E-state index in [-0.39, 0.29) is 6.04 Å². The number of nitrogens with two attached hydrogens (primary N) is 1. The predicted octanol–water partition coefficient (Wildman–Crippen LogP) is 3.59. The van der Waals surface area contributed by atoms with Gasteiger partial charge < -0.3 is 5.73 Å². The van der Waals surface area contributed by atoms with E-state index >= 15 is 0 Å². The predicted molar refractivity (Wildman–Crippen MR) is 85.1 cm³/mol. The van der Waals surface area contributed by atoms with Gasteiger partial charge >= 0.3 is 0 Å². The quantitative estimate of drug-likeness (QED) is 0.745. The van der Waals surface area contributed by atoms with Gasteiger partial charge in [-0.25, -0.2) is 9.97 Å². The van der Waals surface area contributed by atoms with Crippen LogP contribution >= 0.6 is 11.8 Å². The Kier molecular flexibility index (Phi) is 4.13. The second-order valence-corrected chi connectivity index (χ2v) is 5.79. The Hall–Kier alpha value is -1.98. The van der Waals surface area contributed by atoms with Crippen LogP contribution in [0.4, 0.5) is 0 Å². The molecule has 0 saturated heterocycles. The molecule has 5 heteroatoms. The van der Waals surface area contributed by atoms with E-state index < -0.39 is 0 Å². The van der Waals surface area contributed by atoms with E-state index in [4.69, 9.17) is 5.73 Å². The van der Waals surface area contributed by atoms with Gasteiger partial charge in [-0.1, -0.05) is 36.9 Å². The Morgan fingerprint density at radius 2 is 1.95 bits per heavy atom. The molecule has 21 heavy (non-hydrogen) atoms. The zero-order chi connectivity index (χ0) is 14.7. The number of hydrogen-bond donors (Lipinski definition) is 1. The smallest absolute Gasteiger partial charge is 0.117 e. The van der Waals surface area contributed by atoms with E-state index in [1.165, 1.54) is 0 Å². The highest BCUT2D eigenvalue weighted by Gasteiger charge is 2.08. The average Bonchev–Trinajstić information content (AvgIpc) is 2.55. The fraction of sp³-hybridized carbons (Fsp3) is 0.188. The van der Waals surface area contributed by atoms with Crippen LogP contribution in [0.3, 0.4) is 0 Å². The van der Waals surface area contributed by atoms with Gasteiger partial charge in [0.1, 0.15) is 11.4 Å². The van der Waals surface area contributed by atoms with Crippen molar-refractivity contribution in [3.8, 4) is 0 Å². The SMILES string of the molecule is CC[C@@H](N)c1ccc(Sc2ncnc3ccccc23)cn1. The fourth-order valence-corrected chi connectivity index (χ4v) is 2.90. The van der Waals surface area contributed by atoms with Crippen LogP contribution in [0.2, 0.25) is 0 Å². The largest absolute Gasteiger partial charge is 0.323 e. The molecule has 0 saturated carbocycles. The van der Waals surface area contributed by atoms with Crippen LogP contribution in [-0.4, -0.2) is 15.0 Å². The number of rotatable bonds is 4. The maximum absolute atomic E-state index is 5.98. The fourth-order valence-electron chi connectivity index (χ4n) is 2.05. The van der Waals surface area contributed by atoms with E-state index in [0.717, 1.165) is 32.9 Å². The highest BCUT2D eigenvalue weighted by atomic mass is 32.2. The lowest BCUT2D eigenvalue weighted by Gasteiger charge is -2.09. The van der Waals surface area contributed by atoms with E-state index in [1.54, 1.807) is 18.1 Å². The van der Waals surface area contributed by atoms with Crippen LogP contribution in [0.25, 0.3) is 10.9 Å². The maximum Gasteiger partial charge on any atom is 0.117 e. The van der Waals surface area contributed by atoms with Crippen LogP contribution in [0.1, 0.15) is 25.1 Å². The van der Waals surface area contributed by atoms with Crippen LogP contribution < -0.4 is 5.73 Å². The van der Waals surface area contributed by atoms with E-state index in [1.807, 2.05) is 42.6 Å². The number of benzene rings is 1. The molecule has 1 aromatic carbocycles. The summed E-state index contributed by atoms with van der Waals surface area (Å²) in [6, 6.07) is 12.0. The highest BCUT2D eigenvalue weighted by Crippen LogP contribution is 2.30. The second-order valence-electron chi connectivity index (χ2n) is 4.73. The molecular formula is C16H16N4S. The molecule has 3 rings (SSSR count). The number of aromatic nitrogens is 3. The summed E-state index contributed by atoms with van der Waals surface area (Å²) in [5, 5.41) is 1.99. The van der Waals surface area contributed by atoms with E-state index in [0.29, 0.717) is 0 Å². The third kappa shape index (κ3) is 3.04. The van der Waals surface area contributed by atoms with Crippen LogP contribution in [0, 0.1) is 0 Å². The summed E-state index contributed by atoms with van der Waals surface area (Å²) in [5.74, 6) is 0. The van der Waals surface area contributed by atoms with Crippen LogP contribution in [0.15, 0.2) is 58.8 Å². The van der Waals surface area contributed by atoms with Gasteiger partial charge in [-0.3, -0.25) is 4.98 Å². The molecular weight excluding hydrogens is 280 g/mol. The lowest BCUT2D eigenvalue weighted by molar-refractivity contribution is 0.674. The highest BCUT2D eigenvalue weighted by molar-refractivity contribution is 7.99. The van der Waals surface area contributed by atoms with Crippen molar-refractivity contribution in [3.05, 3.63) is 54.6 Å². The third-order valence-electron chi connectivity index (χ3n) is 3.30. The summed E-state index contributed by atoms with van der Waals surface area (Å²) >= 11 is 1.59. The van der Waals surface area contributed by atoms with Gasteiger partial charge in [0, 0.05) is 22.5 Å². The van der Waals surface area contributed by atoms with Crippen molar-refractivity contribution >= 4 is 22.7 Å². The van der Waals surface area contributed by atoms with E-state index in [9.17, 15) is 0 Å². The monoisotopic (exact) mass is 296 g/mol. The summed E-state index contributed by atoms with van der Waals surface area (Å²) in [7, 11) is 0. The second kappa shape index (κ2) is 6.20. The van der Waals surface area contributed by atoms with Crippen LogP contribution in [0.5, 0.6) is 0 Å². The minimum atomic E-state index is 0.00364. The van der Waals surface area contributed by atoms with Crippen molar-refractivity contribution in [2.75, 3.05) is 0 Å². The molecule has 0 bridgehead atoms. The summed E-state index contributed by atoms with van der Waals surface area (Å²) < 4.78 is 0. The van der Waals surface area contributed by atoms with Gasteiger partial charge in [0.2, 0.25) is 0 Å². The molecule has 0 aliphatic carbocycles. The Morgan fingerprint density at radius 3 is 2.71 bits per heavy atom. The molecule has 1 atom stereocenters. The normalized spacial score (nSPS) is 12.5. The Labute approximate surface area is 127 Å². The van der Waals surface area contributed by atoms with Crippen molar-refractivity contribution in [3.63, 3.8) is 0 Å². The molecule has 4 nitrogen and oxygen atoms in total. The number of fused-ring (bicyclic) bond motifs is 1. The molecule has 2 aromatic heterocycles. The molecule has 0 aliphatic rings. The van der Waals surface area contributed by atoms with Crippen molar-refractivity contribution in [1.29, 1.82) is 0 Å². The van der Waals surface area contributed by atoms with Crippen molar-refractivity contribution in [2.24, 2.45) is 5.73 Å². The summed E-state index contributed by atoms with van der Waals surface area (Å²) in [5.41, 5.74) is 7.86. The van der Waals surface area contributed by atoms with Crippen molar-refractivity contribution < 1.29 is 0 Å². The minimum Gasteiger partial charge on any atom is -0.323 e. The Bertz CT molecular complexity index is 737. The number of pyridine rings is 1. The molecule has 0 aliphatic heterocycles. The van der Waals surface area contributed by atoms with E-state index in [2.05, 4.69) is 21.9 Å². The molecule has 0 spiro atoms. The van der Waals surface area contributed by atoms with Gasteiger partial charge in [-0.05, 0) is 24.6 Å². The first kappa shape index (κ1) is 14.0. The molecule has 0 radical (unpaired) electrons. The first-order chi connectivity index (χ1) is 10.3.